The van der Waals surface area contributed by atoms with Crippen molar-refractivity contribution in [2.75, 3.05) is 13.7 Å². The highest BCUT2D eigenvalue weighted by Crippen LogP contribution is 2.30. The predicted molar refractivity (Wildman–Crippen MR) is 114 cm³/mol. The van der Waals surface area contributed by atoms with Crippen molar-refractivity contribution in [3.8, 4) is 11.5 Å². The Morgan fingerprint density at radius 1 is 1.18 bits per heavy atom. The summed E-state index contributed by atoms with van der Waals surface area (Å²) >= 11 is 0. The molecule has 33 heavy (non-hydrogen) atoms. The highest BCUT2D eigenvalue weighted by atomic mass is 19.4. The van der Waals surface area contributed by atoms with Crippen LogP contribution in [0.1, 0.15) is 48.3 Å². The van der Waals surface area contributed by atoms with Crippen molar-refractivity contribution in [3.05, 3.63) is 53.3 Å². The molecule has 2 rings (SSSR count). The van der Waals surface area contributed by atoms with Crippen LogP contribution in [0.15, 0.2) is 36.5 Å². The van der Waals surface area contributed by atoms with Gasteiger partial charge in [-0.05, 0) is 43.4 Å². The molecule has 2 N–H and O–H groups in total. The molecule has 1 aromatic carbocycles. The SMILES string of the molecule is CCC(Cc1ccc(C(F)(F)F)cc1)CC(C)OC(=O)CNC(=O)c1nccc(OC)c1O. The second-order valence-corrected chi connectivity index (χ2v) is 7.60. The van der Waals surface area contributed by atoms with Crippen molar-refractivity contribution in [1.82, 2.24) is 10.3 Å². The minimum absolute atomic E-state index is 0.0741. The number of halogens is 3. The highest BCUT2D eigenvalue weighted by molar-refractivity contribution is 5.97. The lowest BCUT2D eigenvalue weighted by atomic mass is 9.91. The molecule has 0 fully saturated rings. The second kappa shape index (κ2) is 11.5. The van der Waals surface area contributed by atoms with E-state index >= 15 is 0 Å². The summed E-state index contributed by atoms with van der Waals surface area (Å²) in [6.07, 6.45) is -1.74. The summed E-state index contributed by atoms with van der Waals surface area (Å²) < 4.78 is 48.4. The van der Waals surface area contributed by atoms with Crippen LogP contribution in [-0.2, 0) is 22.1 Å². The molecule has 0 aliphatic rings. The molecule has 10 heteroatoms. The van der Waals surface area contributed by atoms with Crippen LogP contribution in [0.25, 0.3) is 0 Å². The molecule has 7 nitrogen and oxygen atoms in total. The van der Waals surface area contributed by atoms with Crippen molar-refractivity contribution in [3.63, 3.8) is 0 Å². The van der Waals surface area contributed by atoms with E-state index in [9.17, 15) is 27.9 Å². The first-order valence-electron chi connectivity index (χ1n) is 10.4. The molecule has 180 valence electrons. The van der Waals surface area contributed by atoms with Gasteiger partial charge >= 0.3 is 12.1 Å². The van der Waals surface area contributed by atoms with Crippen molar-refractivity contribution < 1.29 is 37.3 Å². The summed E-state index contributed by atoms with van der Waals surface area (Å²) in [4.78, 5) is 28.1. The number of aromatic nitrogens is 1. The number of amides is 1. The molecule has 2 aromatic rings. The lowest BCUT2D eigenvalue weighted by molar-refractivity contribution is -0.147. The number of nitrogens with zero attached hydrogens (tertiary/aromatic N) is 1. The minimum Gasteiger partial charge on any atom is -0.503 e. The first kappa shape index (κ1) is 26.0. The Balaban J connectivity index is 1.84. The zero-order valence-corrected chi connectivity index (χ0v) is 18.6. The molecule has 0 aliphatic heterocycles. The average Bonchev–Trinajstić information content (AvgIpc) is 2.76. The maximum absolute atomic E-state index is 12.7. The molecule has 2 atom stereocenters. The van der Waals surface area contributed by atoms with E-state index in [0.29, 0.717) is 12.8 Å². The quantitative estimate of drug-likeness (QED) is 0.509. The van der Waals surface area contributed by atoms with Crippen LogP contribution in [-0.4, -0.2) is 41.7 Å². The fourth-order valence-electron chi connectivity index (χ4n) is 3.34. The van der Waals surface area contributed by atoms with Gasteiger partial charge in [-0.15, -0.1) is 0 Å². The van der Waals surface area contributed by atoms with E-state index in [1.165, 1.54) is 31.5 Å². The van der Waals surface area contributed by atoms with E-state index < -0.39 is 42.0 Å². The van der Waals surface area contributed by atoms with E-state index in [0.717, 1.165) is 24.1 Å². The Morgan fingerprint density at radius 2 is 1.85 bits per heavy atom. The third-order valence-corrected chi connectivity index (χ3v) is 5.10. The number of hydrogen-bond donors (Lipinski definition) is 2. The van der Waals surface area contributed by atoms with Crippen molar-refractivity contribution in [1.29, 1.82) is 0 Å². The fourth-order valence-corrected chi connectivity index (χ4v) is 3.34. The van der Waals surface area contributed by atoms with Crippen LogP contribution in [0.4, 0.5) is 13.2 Å². The number of alkyl halides is 3. The molecule has 0 bridgehead atoms. The summed E-state index contributed by atoms with van der Waals surface area (Å²) in [6, 6.07) is 6.42. The Bertz CT molecular complexity index is 948. The van der Waals surface area contributed by atoms with Gasteiger partial charge in [-0.25, -0.2) is 4.98 Å². The van der Waals surface area contributed by atoms with E-state index in [4.69, 9.17) is 9.47 Å². The molecule has 0 aliphatic carbocycles. The predicted octanol–water partition coefficient (Wildman–Crippen LogP) is 4.14. The second-order valence-electron chi connectivity index (χ2n) is 7.60. The number of carbonyl (C=O) groups is 2. The van der Waals surface area contributed by atoms with E-state index in [2.05, 4.69) is 10.3 Å². The van der Waals surface area contributed by atoms with E-state index in [-0.39, 0.29) is 17.4 Å². The van der Waals surface area contributed by atoms with E-state index in [1.807, 2.05) is 6.92 Å². The number of aromatic hydroxyl groups is 1. The van der Waals surface area contributed by atoms with Gasteiger partial charge in [0.05, 0.1) is 18.8 Å². The first-order valence-corrected chi connectivity index (χ1v) is 10.4. The Morgan fingerprint density at radius 3 is 2.42 bits per heavy atom. The summed E-state index contributed by atoms with van der Waals surface area (Å²) in [5.74, 6) is -1.69. The lowest BCUT2D eigenvalue weighted by Crippen LogP contribution is -2.33. The number of rotatable bonds is 10. The monoisotopic (exact) mass is 468 g/mol. The van der Waals surface area contributed by atoms with Crippen molar-refractivity contribution in [2.24, 2.45) is 5.92 Å². The molecule has 0 radical (unpaired) electrons. The van der Waals surface area contributed by atoms with Gasteiger partial charge in [0.15, 0.2) is 17.2 Å². The molecule has 0 saturated carbocycles. The van der Waals surface area contributed by atoms with E-state index in [1.54, 1.807) is 6.92 Å². The van der Waals surface area contributed by atoms with Crippen LogP contribution >= 0.6 is 0 Å². The van der Waals surface area contributed by atoms with Gasteiger partial charge in [-0.2, -0.15) is 13.2 Å². The van der Waals surface area contributed by atoms with Gasteiger partial charge in [0.25, 0.3) is 5.91 Å². The Labute approximate surface area is 189 Å². The number of pyridine rings is 1. The fraction of sp³-hybridized carbons (Fsp3) is 0.435. The maximum Gasteiger partial charge on any atom is 0.416 e. The molecule has 1 amide bonds. The maximum atomic E-state index is 12.7. The first-order chi connectivity index (χ1) is 15.5. The molecule has 2 unspecified atom stereocenters. The van der Waals surface area contributed by atoms with Gasteiger partial charge < -0.3 is 19.9 Å². The van der Waals surface area contributed by atoms with Gasteiger partial charge in [-0.3, -0.25) is 9.59 Å². The van der Waals surface area contributed by atoms with Crippen LogP contribution in [0.3, 0.4) is 0 Å². The number of nitrogens with one attached hydrogen (secondary N) is 1. The Hall–Kier alpha value is -3.30. The topological polar surface area (TPSA) is 97.8 Å². The van der Waals surface area contributed by atoms with Crippen LogP contribution in [0.2, 0.25) is 0 Å². The van der Waals surface area contributed by atoms with Crippen LogP contribution < -0.4 is 10.1 Å². The van der Waals surface area contributed by atoms with Gasteiger partial charge in [0, 0.05) is 12.3 Å². The van der Waals surface area contributed by atoms with Crippen molar-refractivity contribution in [2.45, 2.75) is 45.4 Å². The molecule has 0 saturated heterocycles. The number of carbonyl (C=O) groups excluding carboxylic acids is 2. The Kier molecular flexibility index (Phi) is 9.07. The third kappa shape index (κ3) is 7.65. The van der Waals surface area contributed by atoms with Gasteiger partial charge in [0.1, 0.15) is 6.54 Å². The smallest absolute Gasteiger partial charge is 0.416 e. The molecule has 1 aromatic heterocycles. The van der Waals surface area contributed by atoms with Crippen LogP contribution in [0.5, 0.6) is 11.5 Å². The molecule has 0 spiro atoms. The zero-order valence-electron chi connectivity index (χ0n) is 18.6. The number of benzene rings is 1. The molecular formula is C23H27F3N2O5. The molecule has 1 heterocycles. The summed E-state index contributed by atoms with van der Waals surface area (Å²) in [5, 5.41) is 12.3. The zero-order chi connectivity index (χ0) is 24.6. The van der Waals surface area contributed by atoms with Gasteiger partial charge in [-0.1, -0.05) is 25.5 Å². The highest BCUT2D eigenvalue weighted by Gasteiger charge is 2.30. The minimum atomic E-state index is -4.37. The average molecular weight is 468 g/mol. The van der Waals surface area contributed by atoms with Crippen molar-refractivity contribution >= 4 is 11.9 Å². The molecular weight excluding hydrogens is 441 g/mol. The summed E-state index contributed by atoms with van der Waals surface area (Å²) in [6.45, 7) is 3.25. The summed E-state index contributed by atoms with van der Waals surface area (Å²) in [7, 11) is 1.33. The number of esters is 1. The normalized spacial score (nSPS) is 13.2. The lowest BCUT2D eigenvalue weighted by Gasteiger charge is -2.20. The number of ether oxygens (including phenoxy) is 2. The largest absolute Gasteiger partial charge is 0.503 e. The number of methoxy groups -OCH3 is 1. The number of hydrogen-bond acceptors (Lipinski definition) is 6. The summed E-state index contributed by atoms with van der Waals surface area (Å²) in [5.41, 5.74) is -0.204. The standard InChI is InChI=1S/C23H27F3N2O5/c1-4-15(12-16-5-7-17(8-6-16)23(24,25)26)11-14(2)33-19(29)13-28-22(31)20-21(30)18(32-3)9-10-27-20/h5-10,14-15,30H,4,11-13H2,1-3H3,(H,28,31). The van der Waals surface area contributed by atoms with Gasteiger partial charge in [0.2, 0.25) is 0 Å². The van der Waals surface area contributed by atoms with Crippen LogP contribution in [0, 0.1) is 5.92 Å². The third-order valence-electron chi connectivity index (χ3n) is 5.10.